The fourth-order valence-corrected chi connectivity index (χ4v) is 4.70. The van der Waals surface area contributed by atoms with E-state index in [-0.39, 0.29) is 35.5 Å². The van der Waals surface area contributed by atoms with Crippen molar-refractivity contribution in [1.82, 2.24) is 4.98 Å². The van der Waals surface area contributed by atoms with Crippen LogP contribution in [0.1, 0.15) is 6.42 Å². The smallest absolute Gasteiger partial charge is 0.238 e. The van der Waals surface area contributed by atoms with Crippen LogP contribution >= 0.6 is 0 Å². The van der Waals surface area contributed by atoms with Gasteiger partial charge in [-0.25, -0.2) is 4.90 Å². The minimum absolute atomic E-state index is 0.0160. The van der Waals surface area contributed by atoms with E-state index in [1.54, 1.807) is 24.5 Å². The lowest BCUT2D eigenvalue weighted by Crippen LogP contribution is -2.40. The minimum Gasteiger partial charge on any atom is -0.274 e. The topological polar surface area (TPSA) is 50.3 Å². The molecule has 0 unspecified atom stereocenters. The summed E-state index contributed by atoms with van der Waals surface area (Å²) in [6.07, 6.45) is 8.84. The van der Waals surface area contributed by atoms with Crippen molar-refractivity contribution in [2.24, 2.45) is 35.5 Å². The highest BCUT2D eigenvalue weighted by atomic mass is 16.2. The molecule has 6 rings (SSSR count). The average Bonchev–Trinajstić information content (AvgIpc) is 3.25. The molecule has 20 heavy (non-hydrogen) atoms. The first-order valence-corrected chi connectivity index (χ1v) is 7.23. The lowest BCUT2D eigenvalue weighted by molar-refractivity contribution is -0.124. The van der Waals surface area contributed by atoms with Gasteiger partial charge >= 0.3 is 0 Å². The lowest BCUT2D eigenvalue weighted by atomic mass is 9.63. The van der Waals surface area contributed by atoms with Crippen molar-refractivity contribution >= 4 is 17.5 Å². The van der Waals surface area contributed by atoms with Crippen molar-refractivity contribution in [3.05, 3.63) is 36.7 Å². The second-order valence-electron chi connectivity index (χ2n) is 6.38. The monoisotopic (exact) mass is 266 g/mol. The van der Waals surface area contributed by atoms with Crippen molar-refractivity contribution in [2.45, 2.75) is 6.42 Å². The summed E-state index contributed by atoms with van der Waals surface area (Å²) >= 11 is 0. The van der Waals surface area contributed by atoms with Crippen LogP contribution in [0, 0.1) is 35.5 Å². The van der Waals surface area contributed by atoms with Gasteiger partial charge in [-0.2, -0.15) is 0 Å². The number of nitrogens with zero attached hydrogens (tertiary/aromatic N) is 2. The largest absolute Gasteiger partial charge is 0.274 e. The van der Waals surface area contributed by atoms with E-state index < -0.39 is 0 Å². The van der Waals surface area contributed by atoms with Gasteiger partial charge in [-0.05, 0) is 42.2 Å². The number of anilines is 1. The number of hydrogen-bond donors (Lipinski definition) is 0. The van der Waals surface area contributed by atoms with Crippen LogP contribution in [-0.2, 0) is 9.59 Å². The maximum absolute atomic E-state index is 12.7. The van der Waals surface area contributed by atoms with Crippen LogP contribution in [0.5, 0.6) is 0 Å². The third-order valence-corrected chi connectivity index (χ3v) is 5.57. The third kappa shape index (κ3) is 1.11. The first-order chi connectivity index (χ1) is 9.77. The normalized spacial score (nSPS) is 43.7. The predicted molar refractivity (Wildman–Crippen MR) is 71.4 cm³/mol. The van der Waals surface area contributed by atoms with Gasteiger partial charge in [-0.1, -0.05) is 12.2 Å². The van der Waals surface area contributed by atoms with Crippen LogP contribution < -0.4 is 4.90 Å². The van der Waals surface area contributed by atoms with Gasteiger partial charge in [-0.3, -0.25) is 14.6 Å². The molecule has 2 saturated carbocycles. The molecular formula is C16H14N2O2. The van der Waals surface area contributed by atoms with Crippen molar-refractivity contribution in [3.8, 4) is 0 Å². The van der Waals surface area contributed by atoms with Gasteiger partial charge < -0.3 is 0 Å². The quantitative estimate of drug-likeness (QED) is 0.573. The summed E-state index contributed by atoms with van der Waals surface area (Å²) in [5.41, 5.74) is 0.616. The molecule has 100 valence electrons. The van der Waals surface area contributed by atoms with E-state index in [1.807, 2.05) is 0 Å². The third-order valence-electron chi connectivity index (χ3n) is 5.57. The highest BCUT2D eigenvalue weighted by molar-refractivity contribution is 6.22. The molecule has 4 heteroatoms. The Balaban J connectivity index is 1.61. The number of aromatic nitrogens is 1. The molecule has 2 amide bonds. The molecule has 4 aliphatic carbocycles. The molecule has 1 aromatic heterocycles. The van der Waals surface area contributed by atoms with E-state index in [4.69, 9.17) is 0 Å². The van der Waals surface area contributed by atoms with Gasteiger partial charge in [0.1, 0.15) is 0 Å². The first kappa shape index (κ1) is 10.8. The number of carbonyl (C=O) groups excluding carboxylic acids is 2. The van der Waals surface area contributed by atoms with E-state index in [1.165, 1.54) is 11.3 Å². The number of carbonyl (C=O) groups is 2. The number of allylic oxidation sites excluding steroid dienone is 2. The summed E-state index contributed by atoms with van der Waals surface area (Å²) in [5, 5.41) is 0. The molecule has 2 heterocycles. The lowest BCUT2D eigenvalue weighted by Gasteiger charge is -2.37. The maximum atomic E-state index is 12.7. The van der Waals surface area contributed by atoms with Gasteiger partial charge in [0.05, 0.1) is 23.7 Å². The molecule has 4 nitrogen and oxygen atoms in total. The second-order valence-corrected chi connectivity index (χ2v) is 6.38. The number of rotatable bonds is 1. The molecule has 0 N–H and O–H groups in total. The van der Waals surface area contributed by atoms with Gasteiger partial charge in [0.2, 0.25) is 11.8 Å². The van der Waals surface area contributed by atoms with E-state index >= 15 is 0 Å². The van der Waals surface area contributed by atoms with E-state index in [2.05, 4.69) is 17.1 Å². The number of imide groups is 1. The van der Waals surface area contributed by atoms with Crippen molar-refractivity contribution < 1.29 is 9.59 Å². The molecule has 6 atom stereocenters. The van der Waals surface area contributed by atoms with E-state index in [9.17, 15) is 9.59 Å². The minimum atomic E-state index is -0.124. The second kappa shape index (κ2) is 3.37. The van der Waals surface area contributed by atoms with Crippen LogP contribution in [0.25, 0.3) is 0 Å². The average molecular weight is 266 g/mol. The Hall–Kier alpha value is -1.97. The molecule has 1 aromatic rings. The van der Waals surface area contributed by atoms with Gasteiger partial charge in [0, 0.05) is 6.20 Å². The molecule has 2 bridgehead atoms. The molecule has 5 aliphatic rings. The van der Waals surface area contributed by atoms with Crippen molar-refractivity contribution in [2.75, 3.05) is 4.90 Å². The number of hydrogen-bond acceptors (Lipinski definition) is 3. The standard InChI is InChI=1S/C16H14N2O2/c19-15-13-9-3-4-10(12-6-11(9)12)14(13)16(20)18(15)8-2-1-5-17-7-8/h1-5,7,9-14H,6H2/t9-,10+,11-,12-,13+,14-/m1/s1. The van der Waals surface area contributed by atoms with Crippen molar-refractivity contribution in [1.29, 1.82) is 0 Å². The maximum Gasteiger partial charge on any atom is 0.238 e. The van der Waals surface area contributed by atoms with E-state index in [0.717, 1.165) is 0 Å². The van der Waals surface area contributed by atoms with Gasteiger partial charge in [0.15, 0.2) is 0 Å². The SMILES string of the molecule is O=C1[C@@H]2[C@H]3C=C[C@H]([C@H]4C[C@H]34)[C@@H]2C(=O)N1c1cccnc1. The molecular weight excluding hydrogens is 252 g/mol. The summed E-state index contributed by atoms with van der Waals surface area (Å²) in [6.45, 7) is 0. The Morgan fingerprint density at radius 1 is 1.05 bits per heavy atom. The van der Waals surface area contributed by atoms with Crippen LogP contribution in [0.3, 0.4) is 0 Å². The fourth-order valence-electron chi connectivity index (χ4n) is 4.70. The van der Waals surface area contributed by atoms with E-state index in [0.29, 0.717) is 17.5 Å². The Labute approximate surface area is 116 Å². The van der Waals surface area contributed by atoms with Crippen LogP contribution in [-0.4, -0.2) is 16.8 Å². The zero-order valence-electron chi connectivity index (χ0n) is 10.8. The highest BCUT2D eigenvalue weighted by Gasteiger charge is 2.67. The number of pyridine rings is 1. The zero-order chi connectivity index (χ0) is 13.4. The Morgan fingerprint density at radius 2 is 1.70 bits per heavy atom. The molecule has 1 aliphatic heterocycles. The van der Waals surface area contributed by atoms with Crippen LogP contribution in [0.15, 0.2) is 36.7 Å². The number of amides is 2. The first-order valence-electron chi connectivity index (χ1n) is 7.23. The Kier molecular flexibility index (Phi) is 1.82. The Bertz CT molecular complexity index is 618. The zero-order valence-corrected chi connectivity index (χ0v) is 10.8. The van der Waals surface area contributed by atoms with Gasteiger partial charge in [-0.15, -0.1) is 0 Å². The van der Waals surface area contributed by atoms with Gasteiger partial charge in [0.25, 0.3) is 0 Å². The predicted octanol–water partition coefficient (Wildman–Crippen LogP) is 1.64. The van der Waals surface area contributed by atoms with Crippen molar-refractivity contribution in [3.63, 3.8) is 0 Å². The summed E-state index contributed by atoms with van der Waals surface area (Å²) in [6, 6.07) is 3.55. The summed E-state index contributed by atoms with van der Waals surface area (Å²) in [5.74, 6) is 1.59. The molecule has 3 fully saturated rings. The molecule has 0 spiro atoms. The highest BCUT2D eigenvalue weighted by Crippen LogP contribution is 2.65. The summed E-state index contributed by atoms with van der Waals surface area (Å²) < 4.78 is 0. The summed E-state index contributed by atoms with van der Waals surface area (Å²) in [7, 11) is 0. The molecule has 0 aromatic carbocycles. The fraction of sp³-hybridized carbons (Fsp3) is 0.438. The molecule has 0 radical (unpaired) electrons. The van der Waals surface area contributed by atoms with Crippen LogP contribution in [0.2, 0.25) is 0 Å². The van der Waals surface area contributed by atoms with Crippen LogP contribution in [0.4, 0.5) is 5.69 Å². The molecule has 1 saturated heterocycles. The summed E-state index contributed by atoms with van der Waals surface area (Å²) in [4.78, 5) is 30.9. The Morgan fingerprint density at radius 3 is 2.25 bits per heavy atom.